The van der Waals surface area contributed by atoms with Crippen molar-refractivity contribution in [3.8, 4) is 0 Å². The lowest BCUT2D eigenvalue weighted by Gasteiger charge is -2.16. The first kappa shape index (κ1) is 16.9. The van der Waals surface area contributed by atoms with E-state index in [9.17, 15) is 4.79 Å². The highest BCUT2D eigenvalue weighted by molar-refractivity contribution is 5.95. The fraction of sp³-hybridized carbons (Fsp3) is 0.182. The summed E-state index contributed by atoms with van der Waals surface area (Å²) in [7, 11) is 0. The molecule has 1 N–H and O–H groups in total. The molecule has 3 rings (SSSR count). The molecule has 25 heavy (non-hydrogen) atoms. The third-order valence-corrected chi connectivity index (χ3v) is 4.28. The van der Waals surface area contributed by atoms with Crippen LogP contribution in [0.15, 0.2) is 66.9 Å². The molecule has 0 spiro atoms. The summed E-state index contributed by atoms with van der Waals surface area (Å²) in [5, 5.41) is 4.14. The molecule has 3 nitrogen and oxygen atoms in total. The van der Waals surface area contributed by atoms with Gasteiger partial charge in [0.05, 0.1) is 11.6 Å². The molecule has 0 saturated carbocycles. The molecule has 2 aromatic carbocycles. The average Bonchev–Trinajstić information content (AvgIpc) is 2.65. The van der Waals surface area contributed by atoms with Gasteiger partial charge in [0.25, 0.3) is 0 Å². The fourth-order valence-corrected chi connectivity index (χ4v) is 2.87. The van der Waals surface area contributed by atoms with E-state index in [-0.39, 0.29) is 11.9 Å². The number of nitrogens with one attached hydrogen (secondary N) is 1. The first-order chi connectivity index (χ1) is 12.2. The van der Waals surface area contributed by atoms with Gasteiger partial charge in [-0.1, -0.05) is 61.0 Å². The Morgan fingerprint density at radius 2 is 1.88 bits per heavy atom. The van der Waals surface area contributed by atoms with Crippen molar-refractivity contribution in [2.24, 2.45) is 0 Å². The topological polar surface area (TPSA) is 42.0 Å². The van der Waals surface area contributed by atoms with Gasteiger partial charge in [0.2, 0.25) is 5.91 Å². The molecule has 1 aromatic heterocycles. The summed E-state index contributed by atoms with van der Waals surface area (Å²) in [6.45, 7) is 4.13. The van der Waals surface area contributed by atoms with Gasteiger partial charge < -0.3 is 5.32 Å². The fourth-order valence-electron chi connectivity index (χ4n) is 2.87. The van der Waals surface area contributed by atoms with Crippen molar-refractivity contribution in [3.63, 3.8) is 0 Å². The zero-order chi connectivity index (χ0) is 17.6. The second-order valence-corrected chi connectivity index (χ2v) is 6.14. The number of fused-ring (bicyclic) bond motifs is 1. The smallest absolute Gasteiger partial charge is 0.244 e. The monoisotopic (exact) mass is 330 g/mol. The van der Waals surface area contributed by atoms with E-state index in [0.717, 1.165) is 28.5 Å². The van der Waals surface area contributed by atoms with E-state index in [1.807, 2.05) is 36.4 Å². The molecule has 126 valence electrons. The van der Waals surface area contributed by atoms with Crippen LogP contribution in [0, 0.1) is 6.92 Å². The van der Waals surface area contributed by atoms with Crippen LogP contribution in [-0.2, 0) is 4.79 Å². The van der Waals surface area contributed by atoms with Gasteiger partial charge in [0.15, 0.2) is 0 Å². The molecular formula is C22H22N2O. The number of para-hydroxylation sites is 1. The maximum atomic E-state index is 12.3. The molecule has 1 atom stereocenters. The number of hydrogen-bond acceptors (Lipinski definition) is 2. The lowest BCUT2D eigenvalue weighted by Crippen LogP contribution is -2.26. The van der Waals surface area contributed by atoms with Crippen molar-refractivity contribution in [3.05, 3.63) is 83.6 Å². The molecule has 1 heterocycles. The van der Waals surface area contributed by atoms with E-state index < -0.39 is 0 Å². The minimum absolute atomic E-state index is 0.0170. The lowest BCUT2D eigenvalue weighted by atomic mass is 10.0. The maximum absolute atomic E-state index is 12.3. The molecule has 0 saturated heterocycles. The van der Waals surface area contributed by atoms with Gasteiger partial charge in [-0.2, -0.15) is 0 Å². The molecule has 0 bridgehead atoms. The van der Waals surface area contributed by atoms with E-state index >= 15 is 0 Å². The summed E-state index contributed by atoms with van der Waals surface area (Å²) in [6.07, 6.45) is 6.02. The summed E-state index contributed by atoms with van der Waals surface area (Å²) in [4.78, 5) is 16.8. The Morgan fingerprint density at radius 1 is 1.12 bits per heavy atom. The molecule has 0 aliphatic rings. The summed E-state index contributed by atoms with van der Waals surface area (Å²) >= 11 is 0. The first-order valence-electron chi connectivity index (χ1n) is 8.56. The number of amides is 1. The Balaban J connectivity index is 1.74. The Kier molecular flexibility index (Phi) is 5.24. The molecule has 0 radical (unpaired) electrons. The van der Waals surface area contributed by atoms with Crippen molar-refractivity contribution in [2.75, 3.05) is 0 Å². The zero-order valence-corrected chi connectivity index (χ0v) is 14.6. The summed E-state index contributed by atoms with van der Waals surface area (Å²) in [5.41, 5.74) is 4.19. The number of benzene rings is 2. The van der Waals surface area contributed by atoms with Crippen molar-refractivity contribution >= 4 is 22.9 Å². The summed E-state index contributed by atoms with van der Waals surface area (Å²) in [6, 6.07) is 18.2. The van der Waals surface area contributed by atoms with E-state index in [4.69, 9.17) is 0 Å². The predicted molar refractivity (Wildman–Crippen MR) is 103 cm³/mol. The minimum atomic E-state index is -0.0969. The number of aryl methyl sites for hydroxylation is 1. The average molecular weight is 330 g/mol. The maximum Gasteiger partial charge on any atom is 0.244 e. The van der Waals surface area contributed by atoms with Gasteiger partial charge in [-0.15, -0.1) is 0 Å². The molecule has 1 unspecified atom stereocenters. The quantitative estimate of drug-likeness (QED) is 0.681. The van der Waals surface area contributed by atoms with Crippen molar-refractivity contribution < 1.29 is 4.79 Å². The van der Waals surface area contributed by atoms with Crippen LogP contribution >= 0.6 is 0 Å². The van der Waals surface area contributed by atoms with Crippen LogP contribution in [0.4, 0.5) is 0 Å². The Bertz CT molecular complexity index is 892. The SMILES string of the molecule is CCC(NC(=O)/C=C/c1cccc2cccnc12)c1ccc(C)cc1. The molecule has 0 fully saturated rings. The minimum Gasteiger partial charge on any atom is -0.346 e. The van der Waals surface area contributed by atoms with Gasteiger partial charge in [-0.25, -0.2) is 0 Å². The zero-order valence-electron chi connectivity index (χ0n) is 14.6. The highest BCUT2D eigenvalue weighted by Gasteiger charge is 2.10. The number of pyridine rings is 1. The van der Waals surface area contributed by atoms with Crippen molar-refractivity contribution in [2.45, 2.75) is 26.3 Å². The van der Waals surface area contributed by atoms with Crippen LogP contribution in [0.3, 0.4) is 0 Å². The van der Waals surface area contributed by atoms with Crippen molar-refractivity contribution in [1.82, 2.24) is 10.3 Å². The van der Waals surface area contributed by atoms with Gasteiger partial charge >= 0.3 is 0 Å². The highest BCUT2D eigenvalue weighted by Crippen LogP contribution is 2.19. The lowest BCUT2D eigenvalue weighted by molar-refractivity contribution is -0.117. The normalized spacial score (nSPS) is 12.4. The number of carbonyl (C=O) groups excluding carboxylic acids is 1. The molecule has 0 aliphatic carbocycles. The van der Waals surface area contributed by atoms with Crippen LogP contribution < -0.4 is 5.32 Å². The van der Waals surface area contributed by atoms with E-state index in [1.54, 1.807) is 12.3 Å². The van der Waals surface area contributed by atoms with E-state index in [0.29, 0.717) is 0 Å². The van der Waals surface area contributed by atoms with Crippen molar-refractivity contribution in [1.29, 1.82) is 0 Å². The largest absolute Gasteiger partial charge is 0.346 e. The molecule has 0 aliphatic heterocycles. The van der Waals surface area contributed by atoms with Crippen LogP contribution in [0.25, 0.3) is 17.0 Å². The second-order valence-electron chi connectivity index (χ2n) is 6.14. The summed E-state index contributed by atoms with van der Waals surface area (Å²) in [5.74, 6) is -0.0969. The molecule has 1 amide bonds. The predicted octanol–water partition coefficient (Wildman–Crippen LogP) is 4.82. The molecular weight excluding hydrogens is 308 g/mol. The van der Waals surface area contributed by atoms with E-state index in [1.165, 1.54) is 5.56 Å². The van der Waals surface area contributed by atoms with E-state index in [2.05, 4.69) is 48.4 Å². The Hall–Kier alpha value is -2.94. The van der Waals surface area contributed by atoms with Gasteiger partial charge in [0, 0.05) is 23.2 Å². The van der Waals surface area contributed by atoms with Crippen LogP contribution in [0.5, 0.6) is 0 Å². The van der Waals surface area contributed by atoms with Gasteiger partial charge in [-0.3, -0.25) is 9.78 Å². The van der Waals surface area contributed by atoms with Gasteiger partial charge in [0.1, 0.15) is 0 Å². The second kappa shape index (κ2) is 7.75. The van der Waals surface area contributed by atoms with Crippen LogP contribution in [0.1, 0.15) is 36.1 Å². The Labute approximate surface area is 148 Å². The highest BCUT2D eigenvalue weighted by atomic mass is 16.1. The number of hydrogen-bond donors (Lipinski definition) is 1. The summed E-state index contributed by atoms with van der Waals surface area (Å²) < 4.78 is 0. The third kappa shape index (κ3) is 4.13. The number of carbonyl (C=O) groups is 1. The van der Waals surface area contributed by atoms with Crippen LogP contribution in [-0.4, -0.2) is 10.9 Å². The standard InChI is InChI=1S/C22H22N2O/c1-3-20(17-11-9-16(2)10-12-17)24-21(25)14-13-19-7-4-6-18-8-5-15-23-22(18)19/h4-15,20H,3H2,1-2H3,(H,24,25)/b14-13+. The molecule has 3 heteroatoms. The van der Waals surface area contributed by atoms with Gasteiger partial charge in [-0.05, 0) is 31.1 Å². The number of nitrogens with zero attached hydrogens (tertiary/aromatic N) is 1. The number of aromatic nitrogens is 1. The Morgan fingerprint density at radius 3 is 2.64 bits per heavy atom. The first-order valence-corrected chi connectivity index (χ1v) is 8.56. The third-order valence-electron chi connectivity index (χ3n) is 4.28. The van der Waals surface area contributed by atoms with Crippen LogP contribution in [0.2, 0.25) is 0 Å². The number of rotatable bonds is 5. The molecule has 3 aromatic rings.